The lowest BCUT2D eigenvalue weighted by atomic mass is 10.1. The molecule has 1 atom stereocenters. The van der Waals surface area contributed by atoms with Gasteiger partial charge < -0.3 is 15.0 Å². The molecule has 1 unspecified atom stereocenters. The van der Waals surface area contributed by atoms with E-state index in [4.69, 9.17) is 16.3 Å². The van der Waals surface area contributed by atoms with Crippen molar-refractivity contribution in [3.05, 3.63) is 75.5 Å². The van der Waals surface area contributed by atoms with Gasteiger partial charge in [0.2, 0.25) is 5.56 Å². The number of carbonyl (C=O) groups is 2. The number of hydrogen-bond donors (Lipinski definition) is 2. The summed E-state index contributed by atoms with van der Waals surface area (Å²) in [6, 6.07) is 14.7. The number of aromatic amines is 1. The van der Waals surface area contributed by atoms with Crippen LogP contribution in [0.15, 0.2) is 59.4 Å². The second-order valence-electron chi connectivity index (χ2n) is 5.61. The number of para-hydroxylation sites is 2. The number of pyridine rings is 1. The van der Waals surface area contributed by atoms with Crippen LogP contribution in [0.4, 0.5) is 5.69 Å². The van der Waals surface area contributed by atoms with Crippen molar-refractivity contribution in [2.75, 3.05) is 5.32 Å². The lowest BCUT2D eigenvalue weighted by Crippen LogP contribution is -2.30. The number of nitrogens with one attached hydrogen (secondary N) is 2. The molecule has 1 aromatic heterocycles. The summed E-state index contributed by atoms with van der Waals surface area (Å²) in [5.74, 6) is -1.28. The quantitative estimate of drug-likeness (QED) is 0.689. The number of H-pyrrole nitrogens is 1. The molecule has 132 valence electrons. The fourth-order valence-corrected chi connectivity index (χ4v) is 2.63. The van der Waals surface area contributed by atoms with Crippen LogP contribution in [0.2, 0.25) is 5.02 Å². The maximum Gasteiger partial charge on any atom is 0.339 e. The molecule has 3 rings (SSSR count). The van der Waals surface area contributed by atoms with Gasteiger partial charge in [0.1, 0.15) is 0 Å². The zero-order valence-corrected chi connectivity index (χ0v) is 14.5. The van der Waals surface area contributed by atoms with E-state index in [-0.39, 0.29) is 5.56 Å². The first-order chi connectivity index (χ1) is 12.5. The van der Waals surface area contributed by atoms with Crippen molar-refractivity contribution >= 4 is 40.1 Å². The second-order valence-corrected chi connectivity index (χ2v) is 6.02. The Labute approximate surface area is 153 Å². The fraction of sp³-hybridized carbons (Fsp3) is 0.105. The lowest BCUT2D eigenvalue weighted by molar-refractivity contribution is -0.123. The maximum absolute atomic E-state index is 12.5. The normalized spacial score (nSPS) is 11.8. The number of ether oxygens (including phenoxy) is 1. The first-order valence-corrected chi connectivity index (χ1v) is 8.22. The minimum absolute atomic E-state index is 0.0988. The summed E-state index contributed by atoms with van der Waals surface area (Å²) in [6.07, 6.45) is -1.07. The Morgan fingerprint density at radius 1 is 1.12 bits per heavy atom. The van der Waals surface area contributed by atoms with Crippen molar-refractivity contribution < 1.29 is 14.3 Å². The van der Waals surface area contributed by atoms with E-state index in [9.17, 15) is 14.4 Å². The van der Waals surface area contributed by atoms with E-state index < -0.39 is 23.5 Å². The zero-order chi connectivity index (χ0) is 18.7. The number of benzene rings is 2. The molecule has 2 N–H and O–H groups in total. The smallest absolute Gasteiger partial charge is 0.339 e. The lowest BCUT2D eigenvalue weighted by Gasteiger charge is -2.15. The van der Waals surface area contributed by atoms with E-state index in [0.29, 0.717) is 21.6 Å². The average molecular weight is 371 g/mol. The Morgan fingerprint density at radius 2 is 1.81 bits per heavy atom. The highest BCUT2D eigenvalue weighted by Gasteiger charge is 2.21. The molecule has 0 saturated heterocycles. The van der Waals surface area contributed by atoms with Crippen LogP contribution in [0.25, 0.3) is 10.9 Å². The first kappa shape index (κ1) is 17.7. The third kappa shape index (κ3) is 3.75. The third-order valence-electron chi connectivity index (χ3n) is 3.76. The van der Waals surface area contributed by atoms with Crippen LogP contribution in [0, 0.1) is 0 Å². The Bertz CT molecular complexity index is 1040. The number of esters is 1. The van der Waals surface area contributed by atoms with Gasteiger partial charge in [-0.25, -0.2) is 4.79 Å². The van der Waals surface area contributed by atoms with Gasteiger partial charge in [0.15, 0.2) is 6.10 Å². The van der Waals surface area contributed by atoms with Crippen LogP contribution in [-0.2, 0) is 9.53 Å². The topological polar surface area (TPSA) is 88.3 Å². The third-order valence-corrected chi connectivity index (χ3v) is 4.08. The molecule has 0 aliphatic carbocycles. The van der Waals surface area contributed by atoms with Gasteiger partial charge in [0.25, 0.3) is 5.91 Å². The monoisotopic (exact) mass is 370 g/mol. The van der Waals surface area contributed by atoms with Gasteiger partial charge in [0, 0.05) is 17.0 Å². The highest BCUT2D eigenvalue weighted by Crippen LogP contribution is 2.21. The largest absolute Gasteiger partial charge is 0.449 e. The summed E-state index contributed by atoms with van der Waals surface area (Å²) in [4.78, 5) is 39.1. The molecule has 0 spiro atoms. The van der Waals surface area contributed by atoms with Gasteiger partial charge in [-0.15, -0.1) is 0 Å². The van der Waals surface area contributed by atoms with Crippen molar-refractivity contribution in [2.45, 2.75) is 13.0 Å². The highest BCUT2D eigenvalue weighted by atomic mass is 35.5. The molecule has 0 aliphatic rings. The number of aromatic nitrogens is 1. The molecule has 0 bridgehead atoms. The molecule has 3 aromatic rings. The Hall–Kier alpha value is -3.12. The van der Waals surface area contributed by atoms with Gasteiger partial charge in [-0.05, 0) is 25.1 Å². The number of hydrogen-bond acceptors (Lipinski definition) is 4. The molecule has 0 fully saturated rings. The molecule has 1 heterocycles. The molecule has 2 aromatic carbocycles. The fourth-order valence-electron chi connectivity index (χ4n) is 2.45. The van der Waals surface area contributed by atoms with Gasteiger partial charge in [0.05, 0.1) is 16.3 Å². The summed E-state index contributed by atoms with van der Waals surface area (Å²) in [5, 5.41) is 3.51. The summed E-state index contributed by atoms with van der Waals surface area (Å²) >= 11 is 6.00. The number of amides is 1. The standard InChI is InChI=1S/C19H15ClN2O4/c1-11(18(24)22-16-9-5-3-7-14(16)20)26-19(25)13-10-17(23)21-15-8-4-2-6-12(13)15/h2-11H,1H3,(H,21,23)(H,22,24). The Kier molecular flexibility index (Phi) is 5.04. The number of carbonyl (C=O) groups excluding carboxylic acids is 2. The minimum atomic E-state index is -1.07. The van der Waals surface area contributed by atoms with E-state index in [1.807, 2.05) is 0 Å². The van der Waals surface area contributed by atoms with Crippen molar-refractivity contribution in [2.24, 2.45) is 0 Å². The van der Waals surface area contributed by atoms with E-state index in [2.05, 4.69) is 10.3 Å². The van der Waals surface area contributed by atoms with E-state index >= 15 is 0 Å². The van der Waals surface area contributed by atoms with E-state index in [0.717, 1.165) is 6.07 Å². The van der Waals surface area contributed by atoms with Crippen LogP contribution in [0.5, 0.6) is 0 Å². The van der Waals surface area contributed by atoms with Crippen molar-refractivity contribution in [3.8, 4) is 0 Å². The van der Waals surface area contributed by atoms with Crippen LogP contribution in [0.1, 0.15) is 17.3 Å². The predicted octanol–water partition coefficient (Wildman–Crippen LogP) is 3.37. The molecule has 0 aliphatic heterocycles. The van der Waals surface area contributed by atoms with Crippen LogP contribution < -0.4 is 10.9 Å². The summed E-state index contributed by atoms with van der Waals surface area (Å²) < 4.78 is 5.23. The highest BCUT2D eigenvalue weighted by molar-refractivity contribution is 6.33. The molecule has 0 saturated carbocycles. The predicted molar refractivity (Wildman–Crippen MR) is 99.5 cm³/mol. The van der Waals surface area contributed by atoms with E-state index in [1.54, 1.807) is 48.5 Å². The molecule has 7 heteroatoms. The summed E-state index contributed by atoms with van der Waals surface area (Å²) in [5.41, 5.74) is 0.606. The summed E-state index contributed by atoms with van der Waals surface area (Å²) in [7, 11) is 0. The SMILES string of the molecule is CC(OC(=O)c1cc(=O)[nH]c2ccccc12)C(=O)Nc1ccccc1Cl. The molecular formula is C19H15ClN2O4. The van der Waals surface area contributed by atoms with Gasteiger partial charge in [-0.3, -0.25) is 9.59 Å². The molecule has 26 heavy (non-hydrogen) atoms. The van der Waals surface area contributed by atoms with Gasteiger partial charge >= 0.3 is 5.97 Å². The number of fused-ring (bicyclic) bond motifs is 1. The summed E-state index contributed by atoms with van der Waals surface area (Å²) in [6.45, 7) is 1.44. The average Bonchev–Trinajstić information content (AvgIpc) is 2.62. The van der Waals surface area contributed by atoms with Crippen LogP contribution in [-0.4, -0.2) is 23.0 Å². The molecular weight excluding hydrogens is 356 g/mol. The number of halogens is 1. The van der Waals surface area contributed by atoms with Crippen LogP contribution in [0.3, 0.4) is 0 Å². The second kappa shape index (κ2) is 7.41. The van der Waals surface area contributed by atoms with E-state index in [1.165, 1.54) is 6.92 Å². The number of rotatable bonds is 4. The van der Waals surface area contributed by atoms with Crippen molar-refractivity contribution in [1.29, 1.82) is 0 Å². The van der Waals surface area contributed by atoms with Crippen LogP contribution >= 0.6 is 11.6 Å². The van der Waals surface area contributed by atoms with Crippen molar-refractivity contribution in [1.82, 2.24) is 4.98 Å². The number of anilines is 1. The van der Waals surface area contributed by atoms with Gasteiger partial charge in [-0.1, -0.05) is 41.9 Å². The minimum Gasteiger partial charge on any atom is -0.449 e. The van der Waals surface area contributed by atoms with Crippen molar-refractivity contribution in [3.63, 3.8) is 0 Å². The maximum atomic E-state index is 12.5. The zero-order valence-electron chi connectivity index (χ0n) is 13.8. The Morgan fingerprint density at radius 3 is 2.58 bits per heavy atom. The Balaban J connectivity index is 1.79. The molecule has 1 amide bonds. The molecule has 0 radical (unpaired) electrons. The molecule has 6 nitrogen and oxygen atoms in total. The van der Waals surface area contributed by atoms with Gasteiger partial charge in [-0.2, -0.15) is 0 Å². The first-order valence-electron chi connectivity index (χ1n) is 7.84.